The molecule has 1 saturated heterocycles. The molecule has 130 valence electrons. The van der Waals surface area contributed by atoms with Crippen molar-refractivity contribution in [2.24, 2.45) is 0 Å². The number of nitrogens with zero attached hydrogens (tertiary/aromatic N) is 1. The van der Waals surface area contributed by atoms with E-state index in [0.29, 0.717) is 0 Å². The van der Waals surface area contributed by atoms with Gasteiger partial charge in [-0.05, 0) is 56.3 Å². The van der Waals surface area contributed by atoms with E-state index in [1.165, 1.54) is 6.07 Å². The summed E-state index contributed by atoms with van der Waals surface area (Å²) in [6, 6.07) is 8.30. The minimum Gasteiger partial charge on any atom is -0.468 e. The quantitative estimate of drug-likeness (QED) is 0.752. The van der Waals surface area contributed by atoms with Crippen molar-refractivity contribution in [3.8, 4) is 0 Å². The van der Waals surface area contributed by atoms with E-state index in [1.807, 2.05) is 12.1 Å². The summed E-state index contributed by atoms with van der Waals surface area (Å²) < 4.78 is 34.1. The Hall–Kier alpha value is -0.860. The van der Waals surface area contributed by atoms with Gasteiger partial charge >= 0.3 is 0 Å². The summed E-state index contributed by atoms with van der Waals surface area (Å²) in [5, 5.41) is 0.188. The molecule has 0 saturated carbocycles. The Bertz CT molecular complexity index is 790. The highest BCUT2D eigenvalue weighted by molar-refractivity contribution is 9.10. The molecule has 1 aliphatic rings. The molecule has 0 radical (unpaired) electrons. The largest absolute Gasteiger partial charge is 0.468 e. The first-order chi connectivity index (χ1) is 11.5. The number of halogens is 2. The first-order valence-electron chi connectivity index (χ1n) is 7.69. The monoisotopic (exact) mass is 432 g/mol. The predicted octanol–water partition coefficient (Wildman–Crippen LogP) is 3.81. The molecule has 0 aliphatic carbocycles. The SMILES string of the molecule is O=S(=O)(NCC(c1ccco1)N1CCCC1)c1ccc(Br)cc1Cl. The molecule has 2 aromatic rings. The minimum absolute atomic E-state index is 0.0759. The van der Waals surface area contributed by atoms with Gasteiger partial charge in [-0.1, -0.05) is 27.5 Å². The fraction of sp³-hybridized carbons (Fsp3) is 0.375. The van der Waals surface area contributed by atoms with Crippen LogP contribution in [0.3, 0.4) is 0 Å². The second-order valence-corrected chi connectivity index (χ2v) is 8.76. The van der Waals surface area contributed by atoms with Crippen molar-refractivity contribution in [2.45, 2.75) is 23.8 Å². The van der Waals surface area contributed by atoms with Crippen LogP contribution in [0.15, 0.2) is 50.4 Å². The fourth-order valence-electron chi connectivity index (χ4n) is 2.90. The zero-order valence-electron chi connectivity index (χ0n) is 12.9. The molecule has 0 bridgehead atoms. The number of nitrogens with one attached hydrogen (secondary N) is 1. The van der Waals surface area contributed by atoms with E-state index in [2.05, 4.69) is 25.6 Å². The summed E-state index contributed by atoms with van der Waals surface area (Å²) in [6.07, 6.45) is 3.84. The predicted molar refractivity (Wildman–Crippen MR) is 96.6 cm³/mol. The van der Waals surface area contributed by atoms with Gasteiger partial charge in [0.05, 0.1) is 17.3 Å². The average Bonchev–Trinajstić information content (AvgIpc) is 3.20. The normalized spacial score (nSPS) is 17.2. The first kappa shape index (κ1) is 17.9. The topological polar surface area (TPSA) is 62.6 Å². The highest BCUT2D eigenvalue weighted by Gasteiger charge is 2.28. The zero-order valence-corrected chi connectivity index (χ0v) is 16.1. The second kappa shape index (κ2) is 7.58. The lowest BCUT2D eigenvalue weighted by atomic mass is 10.2. The molecule has 5 nitrogen and oxygen atoms in total. The Morgan fingerprint density at radius 3 is 2.67 bits per heavy atom. The lowest BCUT2D eigenvalue weighted by molar-refractivity contribution is 0.216. The maximum Gasteiger partial charge on any atom is 0.242 e. The van der Waals surface area contributed by atoms with Crippen LogP contribution in [-0.4, -0.2) is 33.0 Å². The van der Waals surface area contributed by atoms with Crippen molar-refractivity contribution in [2.75, 3.05) is 19.6 Å². The number of hydrogen-bond donors (Lipinski definition) is 1. The van der Waals surface area contributed by atoms with Gasteiger partial charge in [-0.2, -0.15) is 0 Å². The Labute approximate surface area is 155 Å². The van der Waals surface area contributed by atoms with Crippen molar-refractivity contribution in [1.82, 2.24) is 9.62 Å². The van der Waals surface area contributed by atoms with Crippen molar-refractivity contribution < 1.29 is 12.8 Å². The minimum atomic E-state index is -3.69. The Kier molecular flexibility index (Phi) is 5.66. The van der Waals surface area contributed by atoms with Gasteiger partial charge in [-0.25, -0.2) is 13.1 Å². The molecule has 3 rings (SSSR count). The van der Waals surface area contributed by atoms with E-state index in [4.69, 9.17) is 16.0 Å². The van der Waals surface area contributed by atoms with Gasteiger partial charge in [0.1, 0.15) is 10.7 Å². The van der Waals surface area contributed by atoms with E-state index < -0.39 is 10.0 Å². The molecule has 1 aromatic carbocycles. The summed E-state index contributed by atoms with van der Waals surface area (Å²) in [4.78, 5) is 2.32. The van der Waals surface area contributed by atoms with Gasteiger partial charge in [0, 0.05) is 11.0 Å². The van der Waals surface area contributed by atoms with E-state index in [0.717, 1.165) is 36.2 Å². The molecule has 1 aromatic heterocycles. The first-order valence-corrected chi connectivity index (χ1v) is 10.3. The van der Waals surface area contributed by atoms with Gasteiger partial charge in [0.25, 0.3) is 0 Å². The van der Waals surface area contributed by atoms with Gasteiger partial charge < -0.3 is 4.42 Å². The molecule has 2 heterocycles. The molecule has 1 atom stereocenters. The highest BCUT2D eigenvalue weighted by Crippen LogP contribution is 2.27. The summed E-state index contributed by atoms with van der Waals surface area (Å²) >= 11 is 9.36. The smallest absolute Gasteiger partial charge is 0.242 e. The third-order valence-corrected chi connectivity index (χ3v) is 6.50. The van der Waals surface area contributed by atoms with Gasteiger partial charge in [-0.15, -0.1) is 0 Å². The van der Waals surface area contributed by atoms with Crippen LogP contribution >= 0.6 is 27.5 Å². The summed E-state index contributed by atoms with van der Waals surface area (Å²) in [5.41, 5.74) is 0. The maximum atomic E-state index is 12.6. The molecular weight excluding hydrogens is 416 g/mol. The molecule has 0 amide bonds. The van der Waals surface area contributed by atoms with Gasteiger partial charge in [-0.3, -0.25) is 4.90 Å². The van der Waals surface area contributed by atoms with Crippen LogP contribution in [0.5, 0.6) is 0 Å². The number of hydrogen-bond acceptors (Lipinski definition) is 4. The standard InChI is InChI=1S/C16H18BrClN2O3S/c17-12-5-6-16(13(18)10-12)24(21,22)19-11-14(15-4-3-9-23-15)20-7-1-2-8-20/h3-6,9-10,14,19H,1-2,7-8,11H2. The van der Waals surface area contributed by atoms with Crippen LogP contribution in [0.1, 0.15) is 24.6 Å². The molecule has 1 N–H and O–H groups in total. The zero-order chi connectivity index (χ0) is 17.2. The van der Waals surface area contributed by atoms with Crippen LogP contribution in [0.25, 0.3) is 0 Å². The van der Waals surface area contributed by atoms with Crippen LogP contribution in [-0.2, 0) is 10.0 Å². The van der Waals surface area contributed by atoms with E-state index in [-0.39, 0.29) is 22.5 Å². The summed E-state index contributed by atoms with van der Waals surface area (Å²) in [7, 11) is -3.69. The molecule has 8 heteroatoms. The molecule has 24 heavy (non-hydrogen) atoms. The second-order valence-electron chi connectivity index (χ2n) is 5.70. The van der Waals surface area contributed by atoms with Crippen molar-refractivity contribution in [1.29, 1.82) is 0 Å². The Morgan fingerprint density at radius 1 is 1.29 bits per heavy atom. The maximum absolute atomic E-state index is 12.6. The summed E-state index contributed by atoms with van der Waals surface area (Å²) in [6.45, 7) is 2.11. The van der Waals surface area contributed by atoms with Crippen LogP contribution in [0.4, 0.5) is 0 Å². The number of rotatable bonds is 6. The van der Waals surface area contributed by atoms with E-state index in [1.54, 1.807) is 18.4 Å². The Morgan fingerprint density at radius 2 is 2.04 bits per heavy atom. The van der Waals surface area contributed by atoms with E-state index in [9.17, 15) is 8.42 Å². The van der Waals surface area contributed by atoms with Crippen LogP contribution in [0, 0.1) is 0 Å². The van der Waals surface area contributed by atoms with Gasteiger partial charge in [0.15, 0.2) is 0 Å². The third-order valence-electron chi connectivity index (χ3n) is 4.10. The van der Waals surface area contributed by atoms with Crippen molar-refractivity contribution >= 4 is 37.6 Å². The van der Waals surface area contributed by atoms with Crippen LogP contribution in [0.2, 0.25) is 5.02 Å². The molecule has 1 aliphatic heterocycles. The molecule has 0 spiro atoms. The number of sulfonamides is 1. The Balaban J connectivity index is 1.78. The molecule has 1 unspecified atom stereocenters. The van der Waals surface area contributed by atoms with Gasteiger partial charge in [0.2, 0.25) is 10.0 Å². The van der Waals surface area contributed by atoms with Crippen LogP contribution < -0.4 is 4.72 Å². The summed E-state index contributed by atoms with van der Waals surface area (Å²) in [5.74, 6) is 0.765. The van der Waals surface area contributed by atoms with E-state index >= 15 is 0 Å². The van der Waals surface area contributed by atoms with Crippen molar-refractivity contribution in [3.05, 3.63) is 51.9 Å². The number of furan rings is 1. The van der Waals surface area contributed by atoms with Crippen molar-refractivity contribution in [3.63, 3.8) is 0 Å². The molecule has 1 fully saturated rings. The fourth-order valence-corrected chi connectivity index (χ4v) is 4.98. The lowest BCUT2D eigenvalue weighted by Gasteiger charge is -2.26. The highest BCUT2D eigenvalue weighted by atomic mass is 79.9. The number of likely N-dealkylation sites (tertiary alicyclic amines) is 1. The number of benzene rings is 1. The average molecular weight is 434 g/mol. The third kappa shape index (κ3) is 4.03. The molecular formula is C16H18BrClN2O3S. The lowest BCUT2D eigenvalue weighted by Crippen LogP contribution is -2.36.